The van der Waals surface area contributed by atoms with Crippen molar-refractivity contribution in [3.63, 3.8) is 0 Å². The normalized spacial score (nSPS) is 49.7. The molecule has 9 rings (SSSR count). The topological polar surface area (TPSA) is 431 Å². The van der Waals surface area contributed by atoms with Crippen LogP contribution in [0.1, 0.15) is 121 Å². The van der Waals surface area contributed by atoms with Gasteiger partial charge in [-0.05, 0) is 116 Å². The summed E-state index contributed by atoms with van der Waals surface area (Å²) in [6.07, 6.45) is -29.4. The van der Waals surface area contributed by atoms with E-state index < -0.39 is 209 Å². The van der Waals surface area contributed by atoms with Crippen LogP contribution >= 0.6 is 0 Å². The van der Waals surface area contributed by atoms with Crippen LogP contribution in [0.3, 0.4) is 0 Å². The molecule has 5 heterocycles. The summed E-state index contributed by atoms with van der Waals surface area (Å²) >= 11 is 0. The van der Waals surface area contributed by atoms with Crippen LogP contribution in [0.5, 0.6) is 0 Å². The highest BCUT2D eigenvalue weighted by atomic mass is 16.8. The Morgan fingerprint density at radius 3 is 1.70 bits per heavy atom. The summed E-state index contributed by atoms with van der Waals surface area (Å²) in [4.78, 5) is 38.5. The molecule has 2 amide bonds. The molecule has 28 heteroatoms. The van der Waals surface area contributed by atoms with Crippen molar-refractivity contribution in [1.82, 2.24) is 10.6 Å². The first-order valence-electron chi connectivity index (χ1n) is 32.1. The zero-order valence-corrected chi connectivity index (χ0v) is 53.2. The summed E-state index contributed by atoms with van der Waals surface area (Å²) in [5, 5.41) is 149. The molecule has 5 aliphatic heterocycles. The first kappa shape index (κ1) is 71.7. The molecule has 15 N–H and O–H groups in total. The molecule has 5 saturated heterocycles. The fraction of sp³-hybridized carbons (Fsp3) is 0.919. The zero-order chi connectivity index (χ0) is 66.0. The Morgan fingerprint density at radius 2 is 1.09 bits per heavy atom. The number of aliphatic hydroxyl groups is 13. The quantitative estimate of drug-likeness (QED) is 0.0460. The number of rotatable bonds is 19. The summed E-state index contributed by atoms with van der Waals surface area (Å²) in [6.45, 7) is 16.3. The van der Waals surface area contributed by atoms with Crippen LogP contribution in [0.15, 0.2) is 11.6 Å². The van der Waals surface area contributed by atoms with E-state index in [9.17, 15) is 80.8 Å². The molecular formula is C62H102N2O26. The molecule has 33 unspecified atom stereocenters. The van der Waals surface area contributed by atoms with E-state index in [2.05, 4.69) is 52.2 Å². The Hall–Kier alpha value is -2.57. The first-order chi connectivity index (χ1) is 42.2. The maximum Gasteiger partial charge on any atom is 0.217 e. The molecule has 0 aromatic rings. The van der Waals surface area contributed by atoms with E-state index in [0.717, 1.165) is 45.1 Å². The third kappa shape index (κ3) is 13.6. The zero-order valence-electron chi connectivity index (χ0n) is 53.2. The number of allylic oxidation sites excluding steroid dienone is 2. The number of fused-ring (bicyclic) bond motifs is 5. The molecule has 33 atom stereocenters. The first-order valence-corrected chi connectivity index (χ1v) is 32.1. The molecule has 0 radical (unpaired) electrons. The molecule has 516 valence electrons. The van der Waals surface area contributed by atoms with E-state index >= 15 is 0 Å². The van der Waals surface area contributed by atoms with Crippen LogP contribution in [-0.4, -0.2) is 270 Å². The van der Waals surface area contributed by atoms with Gasteiger partial charge in [-0.2, -0.15) is 0 Å². The lowest BCUT2D eigenvalue weighted by Crippen LogP contribution is -2.69. The number of hydrogen-bond acceptors (Lipinski definition) is 26. The minimum Gasteiger partial charge on any atom is -0.394 e. The second-order valence-electron chi connectivity index (χ2n) is 28.9. The average molecular weight is 1290 g/mol. The van der Waals surface area contributed by atoms with Crippen molar-refractivity contribution in [3.05, 3.63) is 11.6 Å². The van der Waals surface area contributed by atoms with E-state index in [4.69, 9.17) is 47.4 Å². The number of amides is 2. The van der Waals surface area contributed by atoms with Gasteiger partial charge in [-0.3, -0.25) is 14.4 Å². The largest absolute Gasteiger partial charge is 0.394 e. The molecular weight excluding hydrogens is 1190 g/mol. The predicted octanol–water partition coefficient (Wildman–Crippen LogP) is -2.75. The smallest absolute Gasteiger partial charge is 0.217 e. The number of carbonyl (C=O) groups excluding carboxylic acids is 3. The third-order valence-corrected chi connectivity index (χ3v) is 22.6. The molecule has 9 fully saturated rings. The van der Waals surface area contributed by atoms with E-state index in [-0.39, 0.29) is 46.2 Å². The molecule has 90 heavy (non-hydrogen) atoms. The van der Waals surface area contributed by atoms with Crippen LogP contribution in [0, 0.1) is 51.2 Å². The Balaban J connectivity index is 0.978. The van der Waals surface area contributed by atoms with Crippen molar-refractivity contribution >= 4 is 17.6 Å². The third-order valence-electron chi connectivity index (χ3n) is 22.6. The number of nitrogens with one attached hydrogen (secondary N) is 2. The van der Waals surface area contributed by atoms with Crippen LogP contribution in [0.4, 0.5) is 0 Å². The van der Waals surface area contributed by atoms with Crippen molar-refractivity contribution in [2.24, 2.45) is 51.2 Å². The van der Waals surface area contributed by atoms with Gasteiger partial charge in [0.2, 0.25) is 11.8 Å². The van der Waals surface area contributed by atoms with Gasteiger partial charge in [-0.1, -0.05) is 47.1 Å². The maximum absolute atomic E-state index is 13.1. The molecule has 4 aliphatic carbocycles. The highest BCUT2D eigenvalue weighted by molar-refractivity contribution is 5.90. The van der Waals surface area contributed by atoms with Crippen molar-refractivity contribution in [1.29, 1.82) is 0 Å². The molecule has 28 nitrogen and oxygen atoms in total. The summed E-state index contributed by atoms with van der Waals surface area (Å²) in [6, 6.07) is -3.04. The standard InChI is InChI=1S/C62H102N2O26/c1-25(2)17-29(69)18-26(3)30-11-12-37-61(9)15-13-36-59(6,7)40(14-16-60(36,8)38(61)19-39(71)62(30,37)10)88-58-53(47(76)35(24-83-58)87-54-41(63-27(4)67)48(77)44(73)32(20-65)84-54)89-55-42(64-28(5)68)49(78)46(75)34(86-55)23-82-57-52(43(72)31(70)22-81-57)90-56-51(80)50(79)45(74)33(21-66)85-56/h17,26,30-58,65-66,70-80H,11-16,18-24H2,1-10H3,(H,63,67)(H,64,68). The van der Waals surface area contributed by atoms with Gasteiger partial charge in [-0.25, -0.2) is 0 Å². The number of ketones is 1. The average Bonchev–Trinajstić information content (AvgIpc) is 1.19. The summed E-state index contributed by atoms with van der Waals surface area (Å²) in [7, 11) is 0. The van der Waals surface area contributed by atoms with Gasteiger partial charge in [0, 0.05) is 20.3 Å². The van der Waals surface area contributed by atoms with Gasteiger partial charge >= 0.3 is 0 Å². The van der Waals surface area contributed by atoms with Gasteiger partial charge in [0.05, 0.1) is 45.2 Å². The van der Waals surface area contributed by atoms with Gasteiger partial charge in [0.25, 0.3) is 0 Å². The Kier molecular flexibility index (Phi) is 22.5. The lowest BCUT2D eigenvalue weighted by molar-refractivity contribution is -0.376. The summed E-state index contributed by atoms with van der Waals surface area (Å²) in [5.41, 5.74) is -0.445. The van der Waals surface area contributed by atoms with Gasteiger partial charge in [-0.15, -0.1) is 0 Å². The Bertz CT molecular complexity index is 2490. The fourth-order valence-corrected chi connectivity index (χ4v) is 18.1. The number of aliphatic hydroxyl groups excluding tert-OH is 13. The van der Waals surface area contributed by atoms with Crippen LogP contribution in [-0.2, 0) is 61.8 Å². The monoisotopic (exact) mass is 1290 g/mol. The molecule has 0 aromatic heterocycles. The second kappa shape index (κ2) is 28.2. The van der Waals surface area contributed by atoms with Crippen molar-refractivity contribution < 1.29 is 128 Å². The molecule has 9 aliphatic rings. The second-order valence-corrected chi connectivity index (χ2v) is 28.9. The van der Waals surface area contributed by atoms with Crippen molar-refractivity contribution in [2.45, 2.75) is 274 Å². The van der Waals surface area contributed by atoms with Crippen LogP contribution in [0.2, 0.25) is 0 Å². The number of hydrogen-bond donors (Lipinski definition) is 15. The summed E-state index contributed by atoms with van der Waals surface area (Å²) in [5.74, 6) is -0.614. The minimum atomic E-state index is -1.94. The molecule has 0 aromatic carbocycles. The summed E-state index contributed by atoms with van der Waals surface area (Å²) < 4.78 is 61.7. The lowest BCUT2D eigenvalue weighted by Gasteiger charge is -2.69. The molecule has 0 bridgehead atoms. The number of carbonyl (C=O) groups is 3. The van der Waals surface area contributed by atoms with Crippen LogP contribution in [0.25, 0.3) is 0 Å². The molecule has 4 saturated carbocycles. The molecule has 0 spiro atoms. The van der Waals surface area contributed by atoms with Crippen molar-refractivity contribution in [3.8, 4) is 0 Å². The highest BCUT2D eigenvalue weighted by Crippen LogP contribution is 2.74. The van der Waals surface area contributed by atoms with E-state index in [1.165, 1.54) is 0 Å². The Labute approximate surface area is 524 Å². The maximum atomic E-state index is 13.1. The predicted molar refractivity (Wildman–Crippen MR) is 309 cm³/mol. The van der Waals surface area contributed by atoms with Gasteiger partial charge < -0.3 is 124 Å². The highest BCUT2D eigenvalue weighted by Gasteiger charge is 2.70. The minimum absolute atomic E-state index is 0.0403. The number of ether oxygens (including phenoxy) is 10. The van der Waals surface area contributed by atoms with E-state index in [0.29, 0.717) is 25.7 Å². The van der Waals surface area contributed by atoms with E-state index in [1.54, 1.807) is 6.08 Å². The SMILES string of the molecule is CC(=O)NC1C(OC2COC(OC3CCC4(C)C(CCC5(C)C4CC(O)C4(C)C(C(C)CC(=O)C=C(C)C)CCC54)C3(C)C)C(OC3OC(COC4OCC(O)C(O)C4OC4OC(CO)C(O)C(O)C4O)C(O)C(O)C3NC(C)=O)C2O)OC(CO)C(O)C1O. The lowest BCUT2D eigenvalue weighted by atomic mass is 9.36. The van der Waals surface area contributed by atoms with Gasteiger partial charge in [0.15, 0.2) is 37.2 Å². The fourth-order valence-electron chi connectivity index (χ4n) is 18.1. The van der Waals surface area contributed by atoms with Gasteiger partial charge in [0.1, 0.15) is 110 Å². The Morgan fingerprint density at radius 1 is 0.556 bits per heavy atom. The van der Waals surface area contributed by atoms with Crippen molar-refractivity contribution in [2.75, 3.05) is 33.0 Å². The van der Waals surface area contributed by atoms with Crippen LogP contribution < -0.4 is 10.6 Å². The van der Waals surface area contributed by atoms with E-state index in [1.807, 2.05) is 13.8 Å².